The molecule has 0 saturated carbocycles. The normalized spacial score (nSPS) is 16.1. The molecule has 0 radical (unpaired) electrons. The first-order valence-electron chi connectivity index (χ1n) is 6.20. The molecule has 19 heavy (non-hydrogen) atoms. The number of thioether (sulfide) groups is 1. The molecule has 106 valence electrons. The van der Waals surface area contributed by atoms with Crippen LogP contribution in [0.15, 0.2) is 0 Å². The summed E-state index contributed by atoms with van der Waals surface area (Å²) in [7, 11) is 3.04. The summed E-state index contributed by atoms with van der Waals surface area (Å²) in [4.78, 5) is 14.6. The molecule has 0 atom stereocenters. The van der Waals surface area contributed by atoms with Crippen LogP contribution in [0, 0.1) is 0 Å². The molecular formula is C11H19N5O2S. The Morgan fingerprint density at radius 2 is 1.74 bits per heavy atom. The Morgan fingerprint density at radius 1 is 1.11 bits per heavy atom. The van der Waals surface area contributed by atoms with Crippen LogP contribution in [-0.4, -0.2) is 71.8 Å². The van der Waals surface area contributed by atoms with Gasteiger partial charge in [0, 0.05) is 37.7 Å². The van der Waals surface area contributed by atoms with Crippen LogP contribution >= 0.6 is 11.8 Å². The van der Waals surface area contributed by atoms with E-state index in [4.69, 9.17) is 9.47 Å². The third kappa shape index (κ3) is 4.39. The van der Waals surface area contributed by atoms with Gasteiger partial charge < -0.3 is 14.8 Å². The smallest absolute Gasteiger partial charge is 0.324 e. The molecule has 0 spiro atoms. The van der Waals surface area contributed by atoms with E-state index in [1.54, 1.807) is 0 Å². The minimum Gasteiger partial charge on any atom is -0.467 e. The summed E-state index contributed by atoms with van der Waals surface area (Å²) in [5, 5.41) is 3.17. The van der Waals surface area contributed by atoms with E-state index in [9.17, 15) is 0 Å². The Hall–Kier alpha value is -1.28. The number of rotatable bonds is 6. The van der Waals surface area contributed by atoms with Crippen molar-refractivity contribution < 1.29 is 9.47 Å². The maximum Gasteiger partial charge on any atom is 0.324 e. The fraction of sp³-hybridized carbons (Fsp3) is 0.727. The number of methoxy groups -OCH3 is 2. The van der Waals surface area contributed by atoms with Gasteiger partial charge in [-0.3, -0.25) is 4.90 Å². The van der Waals surface area contributed by atoms with Gasteiger partial charge in [-0.15, -0.1) is 4.98 Å². The maximum absolute atomic E-state index is 5.00. The molecule has 1 aliphatic rings. The fourth-order valence-corrected chi connectivity index (χ4v) is 2.73. The highest BCUT2D eigenvalue weighted by Crippen LogP contribution is 2.12. The molecule has 1 aromatic rings. The van der Waals surface area contributed by atoms with Gasteiger partial charge in [-0.1, -0.05) is 0 Å². The van der Waals surface area contributed by atoms with Gasteiger partial charge in [0.25, 0.3) is 0 Å². The highest BCUT2D eigenvalue weighted by atomic mass is 32.2. The van der Waals surface area contributed by atoms with E-state index in [1.807, 2.05) is 11.8 Å². The van der Waals surface area contributed by atoms with E-state index in [0.29, 0.717) is 5.95 Å². The Bertz CT molecular complexity index is 378. The lowest BCUT2D eigenvalue weighted by molar-refractivity contribution is 0.314. The molecular weight excluding hydrogens is 266 g/mol. The number of hydrogen-bond donors (Lipinski definition) is 1. The Morgan fingerprint density at radius 3 is 2.32 bits per heavy atom. The van der Waals surface area contributed by atoms with E-state index in [2.05, 4.69) is 25.2 Å². The minimum absolute atomic E-state index is 0.253. The summed E-state index contributed by atoms with van der Waals surface area (Å²) in [6.07, 6.45) is 0. The number of hydrogen-bond acceptors (Lipinski definition) is 8. The van der Waals surface area contributed by atoms with E-state index in [1.165, 1.54) is 25.7 Å². The molecule has 2 heterocycles. The molecule has 0 amide bonds. The van der Waals surface area contributed by atoms with Crippen molar-refractivity contribution in [3.8, 4) is 12.0 Å². The third-order valence-electron chi connectivity index (χ3n) is 2.77. The van der Waals surface area contributed by atoms with Gasteiger partial charge in [0.05, 0.1) is 14.2 Å². The van der Waals surface area contributed by atoms with Crippen molar-refractivity contribution in [1.29, 1.82) is 0 Å². The van der Waals surface area contributed by atoms with Crippen LogP contribution in [0.4, 0.5) is 5.95 Å². The zero-order valence-corrected chi connectivity index (χ0v) is 12.1. The lowest BCUT2D eigenvalue weighted by Gasteiger charge is -2.25. The molecule has 1 saturated heterocycles. The van der Waals surface area contributed by atoms with Crippen molar-refractivity contribution in [2.45, 2.75) is 0 Å². The van der Waals surface area contributed by atoms with Crippen LogP contribution < -0.4 is 14.8 Å². The SMILES string of the molecule is COc1nc(NCCN2CCSCC2)nc(OC)n1. The van der Waals surface area contributed by atoms with Gasteiger partial charge in [0.15, 0.2) is 0 Å². The topological polar surface area (TPSA) is 72.4 Å². The Labute approximate surface area is 117 Å². The second kappa shape index (κ2) is 7.34. The summed E-state index contributed by atoms with van der Waals surface area (Å²) in [5.74, 6) is 2.91. The summed E-state index contributed by atoms with van der Waals surface area (Å²) in [5.41, 5.74) is 0. The number of nitrogens with zero attached hydrogens (tertiary/aromatic N) is 4. The number of nitrogens with one attached hydrogen (secondary N) is 1. The summed E-state index contributed by atoms with van der Waals surface area (Å²) >= 11 is 2.01. The van der Waals surface area contributed by atoms with Crippen molar-refractivity contribution in [1.82, 2.24) is 19.9 Å². The van der Waals surface area contributed by atoms with Gasteiger partial charge in [-0.25, -0.2) is 0 Å². The summed E-state index contributed by atoms with van der Waals surface area (Å²) < 4.78 is 10.00. The van der Waals surface area contributed by atoms with Crippen molar-refractivity contribution in [3.05, 3.63) is 0 Å². The van der Waals surface area contributed by atoms with Crippen LogP contribution in [-0.2, 0) is 0 Å². The quantitative estimate of drug-likeness (QED) is 0.803. The van der Waals surface area contributed by atoms with Gasteiger partial charge in [0.2, 0.25) is 5.95 Å². The monoisotopic (exact) mass is 285 g/mol. The van der Waals surface area contributed by atoms with Crippen LogP contribution in [0.5, 0.6) is 12.0 Å². The molecule has 0 bridgehead atoms. The second-order valence-electron chi connectivity index (χ2n) is 4.01. The van der Waals surface area contributed by atoms with Crippen LogP contribution in [0.3, 0.4) is 0 Å². The van der Waals surface area contributed by atoms with Gasteiger partial charge in [-0.2, -0.15) is 21.7 Å². The lowest BCUT2D eigenvalue weighted by Crippen LogP contribution is -2.36. The lowest BCUT2D eigenvalue weighted by atomic mass is 10.4. The van der Waals surface area contributed by atoms with E-state index in [-0.39, 0.29) is 12.0 Å². The standard InChI is InChI=1S/C11H19N5O2S/c1-17-10-13-9(14-11(15-10)18-2)12-3-4-16-5-7-19-8-6-16/h3-8H2,1-2H3,(H,12,13,14,15). The van der Waals surface area contributed by atoms with Crippen molar-refractivity contribution >= 4 is 17.7 Å². The predicted octanol–water partition coefficient (Wildman–Crippen LogP) is 0.349. The van der Waals surface area contributed by atoms with E-state index in [0.717, 1.165) is 26.2 Å². The highest BCUT2D eigenvalue weighted by Gasteiger charge is 2.10. The zero-order valence-electron chi connectivity index (χ0n) is 11.3. The molecule has 7 nitrogen and oxygen atoms in total. The maximum atomic E-state index is 5.00. The first-order valence-corrected chi connectivity index (χ1v) is 7.35. The molecule has 2 rings (SSSR count). The largest absolute Gasteiger partial charge is 0.467 e. The molecule has 0 aliphatic carbocycles. The highest BCUT2D eigenvalue weighted by molar-refractivity contribution is 7.99. The van der Waals surface area contributed by atoms with E-state index >= 15 is 0 Å². The predicted molar refractivity (Wildman–Crippen MR) is 75.2 cm³/mol. The Balaban J connectivity index is 1.84. The average molecular weight is 285 g/mol. The second-order valence-corrected chi connectivity index (χ2v) is 5.24. The molecule has 0 unspecified atom stereocenters. The molecule has 1 aliphatic heterocycles. The van der Waals surface area contributed by atoms with Crippen LogP contribution in [0.2, 0.25) is 0 Å². The first kappa shape index (κ1) is 14.1. The van der Waals surface area contributed by atoms with Gasteiger partial charge in [-0.05, 0) is 0 Å². The summed E-state index contributed by atoms with van der Waals surface area (Å²) in [6, 6.07) is 0.507. The molecule has 8 heteroatoms. The Kier molecular flexibility index (Phi) is 5.46. The molecule has 1 N–H and O–H groups in total. The molecule has 1 aromatic heterocycles. The molecule has 0 aromatic carbocycles. The number of aromatic nitrogens is 3. The minimum atomic E-state index is 0.253. The van der Waals surface area contributed by atoms with Crippen LogP contribution in [0.25, 0.3) is 0 Å². The summed E-state index contributed by atoms with van der Waals surface area (Å²) in [6.45, 7) is 4.07. The van der Waals surface area contributed by atoms with Crippen LogP contribution in [0.1, 0.15) is 0 Å². The molecule has 1 fully saturated rings. The van der Waals surface area contributed by atoms with Crippen molar-refractivity contribution in [2.75, 3.05) is 57.2 Å². The zero-order chi connectivity index (χ0) is 13.5. The average Bonchev–Trinajstić information content (AvgIpc) is 2.48. The number of anilines is 1. The van der Waals surface area contributed by atoms with Gasteiger partial charge >= 0.3 is 12.0 Å². The van der Waals surface area contributed by atoms with Crippen molar-refractivity contribution in [3.63, 3.8) is 0 Å². The fourth-order valence-electron chi connectivity index (χ4n) is 1.75. The van der Waals surface area contributed by atoms with Gasteiger partial charge in [0.1, 0.15) is 0 Å². The first-order chi connectivity index (χ1) is 9.31. The van der Waals surface area contributed by atoms with Crippen molar-refractivity contribution in [2.24, 2.45) is 0 Å². The third-order valence-corrected chi connectivity index (χ3v) is 3.72. The van der Waals surface area contributed by atoms with E-state index < -0.39 is 0 Å². The number of ether oxygens (including phenoxy) is 2.